The largest absolute Gasteiger partial charge is 0.460 e. The first kappa shape index (κ1) is 41.6. The maximum atomic E-state index is 14.0. The van der Waals surface area contributed by atoms with E-state index in [2.05, 4.69) is 93.6 Å². The molecule has 53 heavy (non-hydrogen) atoms. The van der Waals surface area contributed by atoms with Crippen molar-refractivity contribution >= 4 is 52.6 Å². The minimum absolute atomic E-state index is 0.0628. The summed E-state index contributed by atoms with van der Waals surface area (Å²) in [6, 6.07) is 28.0. The molecule has 0 radical (unpaired) electrons. The monoisotopic (exact) mass is 857 g/mol. The molecule has 13 heteroatoms. The summed E-state index contributed by atoms with van der Waals surface area (Å²) in [6.07, 6.45) is 0.0255. The molecule has 0 aliphatic carbocycles. The molecular weight excluding hydrogens is 820 g/mol. The average molecular weight is 858 g/mol. The number of rotatable bonds is 16. The van der Waals surface area contributed by atoms with E-state index >= 15 is 0 Å². The second-order valence-corrected chi connectivity index (χ2v) is 13.6. The molecule has 4 aromatic rings. The lowest BCUT2D eigenvalue weighted by atomic mass is 9.97. The maximum Gasteiger partial charge on any atom is 0.460 e. The summed E-state index contributed by atoms with van der Waals surface area (Å²) in [4.78, 5) is 0. The fourth-order valence-corrected chi connectivity index (χ4v) is 5.54. The third-order valence-corrected chi connectivity index (χ3v) is 9.03. The highest BCUT2D eigenvalue weighted by Gasteiger charge is 2.81. The molecule has 0 amide bonds. The summed E-state index contributed by atoms with van der Waals surface area (Å²) in [5, 5.41) is 10.6. The van der Waals surface area contributed by atoms with Crippen LogP contribution in [0.2, 0.25) is 0 Å². The Morgan fingerprint density at radius 1 is 0.623 bits per heavy atom. The number of hydrogen-bond acceptors (Lipinski definition) is 2. The van der Waals surface area contributed by atoms with Crippen molar-refractivity contribution in [3.05, 3.63) is 134 Å². The fraction of sp³-hybridized carbons (Fsp3) is 0.300. The second-order valence-electron chi connectivity index (χ2n) is 12.4. The third kappa shape index (κ3) is 11.0. The van der Waals surface area contributed by atoms with E-state index in [-0.39, 0.29) is 12.1 Å². The predicted octanol–water partition coefficient (Wildman–Crippen LogP) is 13.5. The smallest absolute Gasteiger partial charge is 0.274 e. The van der Waals surface area contributed by atoms with Gasteiger partial charge in [-0.2, -0.15) is 39.5 Å². The molecule has 3 nitrogen and oxygen atoms in total. The van der Waals surface area contributed by atoms with Gasteiger partial charge in [-0.05, 0) is 105 Å². The molecule has 0 bridgehead atoms. The van der Waals surface area contributed by atoms with E-state index in [0.717, 1.165) is 34.2 Å². The van der Waals surface area contributed by atoms with Crippen molar-refractivity contribution in [2.45, 2.75) is 70.0 Å². The molecule has 4 aromatic carbocycles. The first-order valence-electron chi connectivity index (χ1n) is 16.7. The van der Waals surface area contributed by atoms with Gasteiger partial charge in [0.1, 0.15) is 0 Å². The van der Waals surface area contributed by atoms with E-state index in [0.29, 0.717) is 24.2 Å². The number of halogens is 10. The lowest BCUT2D eigenvalue weighted by Crippen LogP contribution is -2.60. The maximum absolute atomic E-state index is 14.0. The van der Waals surface area contributed by atoms with E-state index < -0.39 is 36.8 Å². The Bertz CT molecular complexity index is 1870. The number of alkyl halides is 9. The van der Waals surface area contributed by atoms with Crippen molar-refractivity contribution in [1.82, 2.24) is 5.01 Å². The zero-order valence-corrected chi connectivity index (χ0v) is 31.0. The first-order valence-corrected chi connectivity index (χ1v) is 17.8. The molecule has 0 aliphatic rings. The molecule has 0 spiro atoms. The molecule has 0 aromatic heterocycles. The first-order chi connectivity index (χ1) is 25.0. The Balaban J connectivity index is 1.36. The van der Waals surface area contributed by atoms with Gasteiger partial charge in [0.25, 0.3) is 0 Å². The highest BCUT2D eigenvalue weighted by atomic mass is 127. The second kappa shape index (κ2) is 17.8. The van der Waals surface area contributed by atoms with Crippen LogP contribution in [0.25, 0.3) is 24.3 Å². The highest BCUT2D eigenvalue weighted by Crippen LogP contribution is 2.54. The van der Waals surface area contributed by atoms with E-state index in [9.17, 15) is 39.5 Å². The third-order valence-electron chi connectivity index (χ3n) is 8.31. The summed E-state index contributed by atoms with van der Waals surface area (Å²) in [6.45, 7) is 4.72. The fourth-order valence-electron chi connectivity index (χ4n) is 5.18. The molecule has 0 N–H and O–H groups in total. The summed E-state index contributed by atoms with van der Waals surface area (Å²) in [5.74, 6) is -19.1. The Kier molecular flexibility index (Phi) is 14.0. The van der Waals surface area contributed by atoms with Crippen LogP contribution < -0.4 is 0 Å². The van der Waals surface area contributed by atoms with Crippen LogP contribution in [0.1, 0.15) is 65.6 Å². The molecule has 0 unspecified atom stereocenters. The van der Waals surface area contributed by atoms with Gasteiger partial charge in [-0.25, -0.2) is 0 Å². The van der Waals surface area contributed by atoms with Gasteiger partial charge in [-0.3, -0.25) is 5.01 Å². The van der Waals surface area contributed by atoms with Gasteiger partial charge in [0.2, 0.25) is 0 Å². The zero-order valence-electron chi connectivity index (χ0n) is 28.8. The van der Waals surface area contributed by atoms with Crippen LogP contribution in [-0.2, 0) is 19.4 Å². The SMILES string of the molecule is CCCN(Cc1ccc(CCC(F)(F)C(F)(F)C(F)(F)C(F)(F)F)cc1)N=Nc1ccc(/C=C/c2ccc(/C=C/c3ccc(I)cc3)cc2)cc1CC. The van der Waals surface area contributed by atoms with Crippen LogP contribution in [0.3, 0.4) is 0 Å². The van der Waals surface area contributed by atoms with Crippen molar-refractivity contribution in [1.29, 1.82) is 0 Å². The zero-order chi connectivity index (χ0) is 38.9. The number of nitrogens with zero attached hydrogens (tertiary/aromatic N) is 3. The van der Waals surface area contributed by atoms with Crippen LogP contribution in [0.15, 0.2) is 101 Å². The van der Waals surface area contributed by atoms with Crippen LogP contribution >= 0.6 is 22.6 Å². The van der Waals surface area contributed by atoms with Crippen LogP contribution in [-0.4, -0.2) is 35.5 Å². The summed E-state index contributed by atoms with van der Waals surface area (Å²) >= 11 is 2.28. The van der Waals surface area contributed by atoms with Gasteiger partial charge in [-0.15, -0.1) is 5.11 Å². The molecule has 4 rings (SSSR count). The average Bonchev–Trinajstić information content (AvgIpc) is 3.12. The lowest BCUT2D eigenvalue weighted by molar-refractivity contribution is -0.396. The Labute approximate surface area is 316 Å². The normalized spacial score (nSPS) is 13.1. The molecule has 0 saturated heterocycles. The van der Waals surface area contributed by atoms with Gasteiger partial charge in [-0.1, -0.05) is 110 Å². The Morgan fingerprint density at radius 3 is 1.62 bits per heavy atom. The molecular formula is C40H37F9IN3. The molecule has 0 atom stereocenters. The van der Waals surface area contributed by atoms with Crippen LogP contribution in [0.5, 0.6) is 0 Å². The number of aryl methyl sites for hydroxylation is 2. The van der Waals surface area contributed by atoms with Crippen molar-refractivity contribution in [2.75, 3.05) is 6.54 Å². The molecule has 0 fully saturated rings. The van der Waals surface area contributed by atoms with E-state index in [1.807, 2.05) is 44.2 Å². The van der Waals surface area contributed by atoms with Gasteiger partial charge in [0, 0.05) is 16.5 Å². The van der Waals surface area contributed by atoms with E-state index in [1.165, 1.54) is 27.8 Å². The van der Waals surface area contributed by atoms with Crippen molar-refractivity contribution in [3.8, 4) is 0 Å². The lowest BCUT2D eigenvalue weighted by Gasteiger charge is -2.33. The van der Waals surface area contributed by atoms with Crippen LogP contribution in [0, 0.1) is 3.57 Å². The predicted molar refractivity (Wildman–Crippen MR) is 200 cm³/mol. The number of benzene rings is 4. The van der Waals surface area contributed by atoms with Gasteiger partial charge < -0.3 is 0 Å². The summed E-state index contributed by atoms with van der Waals surface area (Å²) < 4.78 is 120. The van der Waals surface area contributed by atoms with Crippen LogP contribution in [0.4, 0.5) is 45.2 Å². The molecule has 0 heterocycles. The van der Waals surface area contributed by atoms with Gasteiger partial charge >= 0.3 is 23.9 Å². The minimum atomic E-state index is -6.89. The Morgan fingerprint density at radius 2 is 1.11 bits per heavy atom. The number of hydrogen-bond donors (Lipinski definition) is 0. The van der Waals surface area contributed by atoms with Crippen molar-refractivity contribution < 1.29 is 39.5 Å². The van der Waals surface area contributed by atoms with Gasteiger partial charge in [0.05, 0.1) is 12.2 Å². The highest BCUT2D eigenvalue weighted by molar-refractivity contribution is 14.1. The molecule has 0 aliphatic heterocycles. The van der Waals surface area contributed by atoms with E-state index in [4.69, 9.17) is 0 Å². The minimum Gasteiger partial charge on any atom is -0.274 e. The van der Waals surface area contributed by atoms with Crippen molar-refractivity contribution in [3.63, 3.8) is 0 Å². The summed E-state index contributed by atoms with van der Waals surface area (Å²) in [5.41, 5.74) is 6.64. The Hall–Kier alpha value is -4.14. The topological polar surface area (TPSA) is 28.0 Å². The quantitative estimate of drug-likeness (QED) is 0.0363. The molecule has 282 valence electrons. The standard InChI is InChI=1S/C40H37F9IN3/c1-3-25-53(27-33-15-12-31(13-16-33)23-24-37(41,42)38(43,44)39(45,46)40(47,48)49)52-51-36-22-19-32(26-34(36)4-2)14-11-29-7-5-28(6-8-29)9-10-30-17-20-35(50)21-18-30/h5-22,26H,3-4,23-25,27H2,1-2H3/b10-9+,14-11+,52-51?. The van der Waals surface area contributed by atoms with E-state index in [1.54, 1.807) is 5.01 Å². The molecule has 0 saturated carbocycles. The summed E-state index contributed by atoms with van der Waals surface area (Å²) in [7, 11) is 0. The van der Waals surface area contributed by atoms with Crippen molar-refractivity contribution in [2.24, 2.45) is 10.3 Å². The van der Waals surface area contributed by atoms with Gasteiger partial charge in [0.15, 0.2) is 0 Å².